The van der Waals surface area contributed by atoms with Crippen LogP contribution in [0.15, 0.2) is 152 Å². The third-order valence-electron chi connectivity index (χ3n) is 7.73. The summed E-state index contributed by atoms with van der Waals surface area (Å²) in [4.78, 5) is 0. The highest BCUT2D eigenvalue weighted by Gasteiger charge is 2.17. The first-order valence-electron chi connectivity index (χ1n) is 17.3. The Bertz CT molecular complexity index is 2370. The van der Waals surface area contributed by atoms with Crippen molar-refractivity contribution < 1.29 is 21.9 Å². The zero-order valence-electron chi connectivity index (χ0n) is 30.3. The van der Waals surface area contributed by atoms with E-state index in [-0.39, 0.29) is 13.2 Å². The summed E-state index contributed by atoms with van der Waals surface area (Å²) in [6.07, 6.45) is 7.38. The molecule has 58 heavy (non-hydrogen) atoms. The Morgan fingerprint density at radius 3 is 1.55 bits per heavy atom. The average Bonchev–Trinajstić information content (AvgIpc) is 3.25. The SMILES string of the molecule is C(=C\c1ccccc1N(Nc1ccccc1)c1ccnnn1)/c1ccccc1N(Nc1ccccc1)c1ccnnn1.O=S(=O)(O)OCCOc1ccc(Cl)cc1Cl. The van der Waals surface area contributed by atoms with Gasteiger partial charge in [0.05, 0.1) is 40.2 Å². The Kier molecular flexibility index (Phi) is 14.5. The van der Waals surface area contributed by atoms with E-state index in [2.05, 4.69) is 70.1 Å². The predicted octanol–water partition coefficient (Wildman–Crippen LogP) is 8.75. The topological polar surface area (TPSA) is 181 Å². The maximum Gasteiger partial charge on any atom is 0.397 e. The Labute approximate surface area is 344 Å². The molecule has 5 aromatic carbocycles. The van der Waals surface area contributed by atoms with E-state index in [4.69, 9.17) is 32.5 Å². The summed E-state index contributed by atoms with van der Waals surface area (Å²) in [5.41, 5.74) is 12.4. The van der Waals surface area contributed by atoms with Crippen molar-refractivity contribution in [2.75, 3.05) is 34.1 Å². The molecule has 18 heteroatoms. The highest BCUT2D eigenvalue weighted by molar-refractivity contribution is 7.80. The van der Waals surface area contributed by atoms with Gasteiger partial charge in [0, 0.05) is 28.3 Å². The van der Waals surface area contributed by atoms with Gasteiger partial charge in [0.1, 0.15) is 19.0 Å². The van der Waals surface area contributed by atoms with Crippen LogP contribution in [0.5, 0.6) is 5.75 Å². The molecule has 15 nitrogen and oxygen atoms in total. The van der Waals surface area contributed by atoms with Gasteiger partial charge < -0.3 is 4.74 Å². The van der Waals surface area contributed by atoms with E-state index < -0.39 is 10.4 Å². The Hall–Kier alpha value is -6.69. The second-order valence-corrected chi connectivity index (χ2v) is 13.6. The van der Waals surface area contributed by atoms with Gasteiger partial charge in [0.15, 0.2) is 11.6 Å². The molecule has 3 N–H and O–H groups in total. The lowest BCUT2D eigenvalue weighted by Crippen LogP contribution is -2.26. The first-order chi connectivity index (χ1) is 28.2. The number of benzene rings is 5. The molecular formula is C40H34Cl2N10O5S. The lowest BCUT2D eigenvalue weighted by Gasteiger charge is -2.27. The number of halogens is 2. The van der Waals surface area contributed by atoms with Crippen LogP contribution in [0, 0.1) is 0 Å². The minimum absolute atomic E-state index is 0.0683. The molecule has 0 fully saturated rings. The molecule has 0 amide bonds. The van der Waals surface area contributed by atoms with Gasteiger partial charge in [-0.3, -0.25) is 15.4 Å². The van der Waals surface area contributed by atoms with Gasteiger partial charge >= 0.3 is 10.4 Å². The number of anilines is 6. The van der Waals surface area contributed by atoms with Crippen LogP contribution < -0.4 is 25.6 Å². The quantitative estimate of drug-likeness (QED) is 0.0386. The summed E-state index contributed by atoms with van der Waals surface area (Å²) in [6.45, 7) is -0.376. The average molecular weight is 838 g/mol. The second kappa shape index (κ2) is 20.5. The van der Waals surface area contributed by atoms with Crippen molar-refractivity contribution in [2.24, 2.45) is 0 Å². The summed E-state index contributed by atoms with van der Waals surface area (Å²) >= 11 is 11.4. The molecule has 0 atom stereocenters. The molecule has 0 bridgehead atoms. The van der Waals surface area contributed by atoms with E-state index in [0.29, 0.717) is 27.4 Å². The molecule has 7 rings (SSSR count). The van der Waals surface area contributed by atoms with E-state index >= 15 is 0 Å². The molecule has 0 radical (unpaired) electrons. The maximum absolute atomic E-state index is 10.2. The zero-order valence-corrected chi connectivity index (χ0v) is 32.7. The summed E-state index contributed by atoms with van der Waals surface area (Å²) < 4.78 is 37.8. The lowest BCUT2D eigenvalue weighted by atomic mass is 10.1. The number of nitrogens with one attached hydrogen (secondary N) is 2. The van der Waals surface area contributed by atoms with E-state index in [1.807, 2.05) is 119 Å². The smallest absolute Gasteiger partial charge is 0.397 e. The first-order valence-corrected chi connectivity index (χ1v) is 19.4. The van der Waals surface area contributed by atoms with Gasteiger partial charge in [-0.2, -0.15) is 8.42 Å². The van der Waals surface area contributed by atoms with E-state index in [1.165, 1.54) is 12.1 Å². The van der Waals surface area contributed by atoms with Crippen LogP contribution in [0.4, 0.5) is 34.4 Å². The fraction of sp³-hybridized carbons (Fsp3) is 0.0500. The number of ether oxygens (including phenoxy) is 1. The molecule has 7 aromatic rings. The number of para-hydroxylation sites is 4. The number of hydrogen-bond donors (Lipinski definition) is 3. The van der Waals surface area contributed by atoms with Crippen molar-refractivity contribution >= 4 is 80.1 Å². The number of hydrogen-bond acceptors (Lipinski definition) is 14. The van der Waals surface area contributed by atoms with Crippen LogP contribution in [-0.2, 0) is 14.6 Å². The van der Waals surface area contributed by atoms with Crippen molar-refractivity contribution in [1.29, 1.82) is 0 Å². The molecule has 0 saturated heterocycles. The standard InChI is InChI=1S/C32H26N10.C8H8Cl2O5S/c1-3-13-27(14-4-1)37-41(31-21-23-33-39-35-31)29-17-9-7-11-25(29)19-20-26-12-8-10-18-30(26)42(32-22-24-34-40-36-32)38-28-15-5-2-6-16-28;9-6-1-2-8(7(10)5-6)14-3-4-15-16(11,12)13/h1-24,37-38H;1-2,5H,3-4H2,(H,11,12,13)/b20-19+;. The molecule has 0 saturated carbocycles. The van der Waals surface area contributed by atoms with Crippen molar-refractivity contribution in [2.45, 2.75) is 0 Å². The van der Waals surface area contributed by atoms with Crippen LogP contribution in [0.25, 0.3) is 12.2 Å². The molecular weight excluding hydrogens is 803 g/mol. The maximum atomic E-state index is 10.2. The fourth-order valence-electron chi connectivity index (χ4n) is 5.20. The lowest BCUT2D eigenvalue weighted by molar-refractivity contribution is 0.202. The first kappa shape index (κ1) is 41.0. The summed E-state index contributed by atoms with van der Waals surface area (Å²) in [6, 6.07) is 44.2. The molecule has 294 valence electrons. The van der Waals surface area contributed by atoms with Gasteiger partial charge in [-0.05, 0) is 65.0 Å². The summed E-state index contributed by atoms with van der Waals surface area (Å²) in [7, 11) is -4.43. The Balaban J connectivity index is 0.000000299. The van der Waals surface area contributed by atoms with Crippen molar-refractivity contribution in [1.82, 2.24) is 30.8 Å². The van der Waals surface area contributed by atoms with Crippen molar-refractivity contribution in [3.05, 3.63) is 173 Å². The monoisotopic (exact) mass is 836 g/mol. The number of hydrazine groups is 2. The third kappa shape index (κ3) is 12.2. The van der Waals surface area contributed by atoms with Crippen molar-refractivity contribution in [3.63, 3.8) is 0 Å². The van der Waals surface area contributed by atoms with Gasteiger partial charge in [-0.1, -0.05) is 108 Å². The predicted molar refractivity (Wildman–Crippen MR) is 225 cm³/mol. The molecule has 2 aromatic heterocycles. The zero-order chi connectivity index (χ0) is 40.6. The fourth-order valence-corrected chi connectivity index (χ4v) is 5.94. The minimum Gasteiger partial charge on any atom is -0.490 e. The van der Waals surface area contributed by atoms with Crippen LogP contribution in [0.2, 0.25) is 10.0 Å². The van der Waals surface area contributed by atoms with Crippen LogP contribution in [-0.4, -0.2) is 57.0 Å². The van der Waals surface area contributed by atoms with Gasteiger partial charge in [0.2, 0.25) is 0 Å². The van der Waals surface area contributed by atoms with E-state index in [0.717, 1.165) is 33.9 Å². The second-order valence-electron chi connectivity index (χ2n) is 11.7. The number of aromatic nitrogens is 6. The third-order valence-corrected chi connectivity index (χ3v) is 8.73. The largest absolute Gasteiger partial charge is 0.490 e. The van der Waals surface area contributed by atoms with E-state index in [9.17, 15) is 8.42 Å². The molecule has 0 unspecified atom stereocenters. The molecule has 0 aliphatic rings. The minimum atomic E-state index is -4.43. The van der Waals surface area contributed by atoms with Crippen molar-refractivity contribution in [3.8, 4) is 5.75 Å². The normalized spacial score (nSPS) is 10.9. The van der Waals surface area contributed by atoms with E-state index in [1.54, 1.807) is 18.5 Å². The van der Waals surface area contributed by atoms with Gasteiger partial charge in [-0.15, -0.1) is 20.4 Å². The molecule has 0 spiro atoms. The van der Waals surface area contributed by atoms with Crippen LogP contribution >= 0.6 is 23.2 Å². The number of rotatable bonds is 15. The van der Waals surface area contributed by atoms with Crippen LogP contribution in [0.3, 0.4) is 0 Å². The summed E-state index contributed by atoms with van der Waals surface area (Å²) in [5.74, 6) is 1.55. The number of nitrogens with zero attached hydrogens (tertiary/aromatic N) is 8. The Morgan fingerprint density at radius 1 is 0.621 bits per heavy atom. The molecule has 2 heterocycles. The van der Waals surface area contributed by atoms with Gasteiger partial charge in [0.25, 0.3) is 0 Å². The Morgan fingerprint density at radius 2 is 1.10 bits per heavy atom. The molecule has 0 aliphatic carbocycles. The highest BCUT2D eigenvalue weighted by atomic mass is 35.5. The van der Waals surface area contributed by atoms with Crippen LogP contribution in [0.1, 0.15) is 11.1 Å². The molecule has 0 aliphatic heterocycles. The summed E-state index contributed by atoms with van der Waals surface area (Å²) in [5, 5.41) is 28.5. The van der Waals surface area contributed by atoms with Gasteiger partial charge in [-0.25, -0.2) is 14.2 Å². The highest BCUT2D eigenvalue weighted by Crippen LogP contribution is 2.32.